The van der Waals surface area contributed by atoms with E-state index in [9.17, 15) is 14.7 Å². The largest absolute Gasteiger partial charge is 0.497 e. The normalized spacial score (nSPS) is 26.4. The average molecular weight is 536 g/mol. The molecule has 9 heteroatoms. The fourth-order valence-corrected chi connectivity index (χ4v) is 6.77. The highest BCUT2D eigenvalue weighted by atomic mass is 16.7. The van der Waals surface area contributed by atoms with E-state index in [4.69, 9.17) is 23.7 Å². The first-order valence-electron chi connectivity index (χ1n) is 13.4. The second-order valence-electron chi connectivity index (χ2n) is 10.7. The lowest BCUT2D eigenvalue weighted by Crippen LogP contribution is -2.50. The lowest BCUT2D eigenvalue weighted by atomic mass is 9.77. The summed E-state index contributed by atoms with van der Waals surface area (Å²) in [6.07, 6.45) is 3.36. The van der Waals surface area contributed by atoms with Gasteiger partial charge in [0.25, 0.3) is 0 Å². The van der Waals surface area contributed by atoms with Gasteiger partial charge in [-0.15, -0.1) is 0 Å². The number of carbonyl (C=O) groups is 2. The molecule has 2 aromatic carbocycles. The van der Waals surface area contributed by atoms with Gasteiger partial charge in [-0.2, -0.15) is 0 Å². The first kappa shape index (κ1) is 25.7. The number of esters is 2. The number of nitrogens with zero attached hydrogens (tertiary/aromatic N) is 1. The van der Waals surface area contributed by atoms with Gasteiger partial charge in [-0.05, 0) is 60.7 Å². The van der Waals surface area contributed by atoms with Crippen molar-refractivity contribution in [3.8, 4) is 11.5 Å². The van der Waals surface area contributed by atoms with Gasteiger partial charge in [0.15, 0.2) is 23.2 Å². The van der Waals surface area contributed by atoms with Crippen molar-refractivity contribution >= 4 is 11.9 Å². The molecule has 1 unspecified atom stereocenters. The molecule has 0 saturated carbocycles. The van der Waals surface area contributed by atoms with Crippen LogP contribution in [0.3, 0.4) is 0 Å². The summed E-state index contributed by atoms with van der Waals surface area (Å²) in [5, 5.41) is 11.6. The van der Waals surface area contributed by atoms with Gasteiger partial charge >= 0.3 is 11.9 Å². The molecule has 0 aromatic heterocycles. The Morgan fingerprint density at radius 3 is 2.64 bits per heavy atom. The Morgan fingerprint density at radius 2 is 1.90 bits per heavy atom. The van der Waals surface area contributed by atoms with Crippen LogP contribution >= 0.6 is 0 Å². The Balaban J connectivity index is 1.39. The Labute approximate surface area is 227 Å². The molecule has 206 valence electrons. The number of hydrogen-bond donors (Lipinski definition) is 1. The van der Waals surface area contributed by atoms with Crippen LogP contribution in [0.4, 0.5) is 0 Å². The molecule has 39 heavy (non-hydrogen) atoms. The first-order chi connectivity index (χ1) is 18.9. The molecular formula is C30H33NO8. The number of aliphatic hydroxyl groups is 1. The maximum Gasteiger partial charge on any atom is 0.339 e. The van der Waals surface area contributed by atoms with E-state index in [1.807, 2.05) is 30.3 Å². The molecule has 3 aliphatic heterocycles. The maximum absolute atomic E-state index is 13.9. The van der Waals surface area contributed by atoms with Gasteiger partial charge < -0.3 is 28.8 Å². The van der Waals surface area contributed by atoms with Crippen LogP contribution in [-0.4, -0.2) is 73.3 Å². The number of rotatable bonds is 7. The van der Waals surface area contributed by atoms with Gasteiger partial charge in [0.2, 0.25) is 6.79 Å². The van der Waals surface area contributed by atoms with Crippen LogP contribution in [0, 0.1) is 0 Å². The summed E-state index contributed by atoms with van der Waals surface area (Å²) in [6, 6.07) is 13.1. The lowest BCUT2D eigenvalue weighted by Gasteiger charge is -2.39. The molecule has 0 bridgehead atoms. The van der Waals surface area contributed by atoms with Crippen molar-refractivity contribution in [3.63, 3.8) is 0 Å². The highest BCUT2D eigenvalue weighted by Crippen LogP contribution is 2.55. The third-order valence-corrected chi connectivity index (χ3v) is 8.58. The Bertz CT molecular complexity index is 1310. The predicted molar refractivity (Wildman–Crippen MR) is 139 cm³/mol. The fourth-order valence-electron chi connectivity index (χ4n) is 6.77. The van der Waals surface area contributed by atoms with Crippen molar-refractivity contribution in [2.75, 3.05) is 34.1 Å². The van der Waals surface area contributed by atoms with E-state index in [1.54, 1.807) is 19.2 Å². The van der Waals surface area contributed by atoms with Crippen LogP contribution in [0.25, 0.3) is 0 Å². The molecule has 2 aromatic rings. The Hall–Kier alpha value is -3.56. The highest BCUT2D eigenvalue weighted by molar-refractivity contribution is 5.86. The molecule has 1 N–H and O–H groups in total. The number of hydrogen-bond acceptors (Lipinski definition) is 9. The fraction of sp³-hybridized carbons (Fsp3) is 0.467. The molecule has 9 nitrogen and oxygen atoms in total. The van der Waals surface area contributed by atoms with E-state index < -0.39 is 35.6 Å². The van der Waals surface area contributed by atoms with E-state index in [0.717, 1.165) is 43.5 Å². The molecule has 4 aliphatic rings. The average Bonchev–Trinajstić information content (AvgIpc) is 3.62. The van der Waals surface area contributed by atoms with Gasteiger partial charge in [-0.1, -0.05) is 30.3 Å². The van der Waals surface area contributed by atoms with Crippen molar-refractivity contribution in [3.05, 3.63) is 71.0 Å². The number of ether oxygens (including phenoxy) is 5. The minimum Gasteiger partial charge on any atom is -0.497 e. The summed E-state index contributed by atoms with van der Waals surface area (Å²) in [4.78, 5) is 28.6. The van der Waals surface area contributed by atoms with Crippen molar-refractivity contribution < 1.29 is 38.4 Å². The third kappa shape index (κ3) is 4.33. The van der Waals surface area contributed by atoms with Crippen LogP contribution < -0.4 is 9.47 Å². The Morgan fingerprint density at radius 1 is 1.13 bits per heavy atom. The lowest BCUT2D eigenvalue weighted by molar-refractivity contribution is -0.177. The van der Waals surface area contributed by atoms with Gasteiger partial charge in [-0.3, -0.25) is 9.69 Å². The van der Waals surface area contributed by atoms with Crippen LogP contribution in [0.2, 0.25) is 0 Å². The molecule has 4 atom stereocenters. The molecule has 3 heterocycles. The van der Waals surface area contributed by atoms with Gasteiger partial charge in [0.05, 0.1) is 32.1 Å². The minimum absolute atomic E-state index is 0.0995. The van der Waals surface area contributed by atoms with E-state index >= 15 is 0 Å². The molecule has 1 aliphatic carbocycles. The molecule has 1 spiro atoms. The third-order valence-electron chi connectivity index (χ3n) is 8.58. The molecule has 0 amide bonds. The standard InChI is InChI=1S/C30H33NO8/c1-35-24-16-29-10-6-11-31(29)12-9-20-13-22-23(38-18-37-22)14-21(20)26(29)27(24)39-28(33)30(34,17-25(32)36-2)15-19-7-4-3-5-8-19/h3-5,7-8,13-14,16,26-27,34H,6,9-12,15,17-18H2,1-2H3/t26-,27-,29+,30?/m1/s1. The van der Waals surface area contributed by atoms with E-state index in [2.05, 4.69) is 11.0 Å². The zero-order chi connectivity index (χ0) is 27.2. The zero-order valence-electron chi connectivity index (χ0n) is 22.2. The summed E-state index contributed by atoms with van der Waals surface area (Å²) in [6.45, 7) is 1.93. The van der Waals surface area contributed by atoms with Gasteiger partial charge in [-0.25, -0.2) is 4.79 Å². The summed E-state index contributed by atoms with van der Waals surface area (Å²) in [5.74, 6) is 0.0308. The van der Waals surface area contributed by atoms with E-state index in [0.29, 0.717) is 22.8 Å². The minimum atomic E-state index is -2.12. The molecular weight excluding hydrogens is 502 g/mol. The number of benzene rings is 2. The Kier molecular flexibility index (Phi) is 6.51. The van der Waals surface area contributed by atoms with Gasteiger partial charge in [0.1, 0.15) is 5.76 Å². The summed E-state index contributed by atoms with van der Waals surface area (Å²) >= 11 is 0. The topological polar surface area (TPSA) is 104 Å². The van der Waals surface area contributed by atoms with E-state index in [-0.39, 0.29) is 19.1 Å². The highest BCUT2D eigenvalue weighted by Gasteiger charge is 2.59. The monoisotopic (exact) mass is 535 g/mol. The summed E-state index contributed by atoms with van der Waals surface area (Å²) < 4.78 is 28.2. The van der Waals surface area contributed by atoms with Gasteiger partial charge in [0, 0.05) is 13.0 Å². The van der Waals surface area contributed by atoms with Crippen molar-refractivity contribution in [2.24, 2.45) is 0 Å². The SMILES string of the molecule is COC(=O)CC(O)(Cc1ccccc1)C(=O)O[C@@H]1C(OC)=C[C@]23CCCN2CCc2cc4c(cc2[C@H]13)OCO4. The molecule has 1 fully saturated rings. The number of carbonyl (C=O) groups excluding carboxylic acids is 2. The zero-order valence-corrected chi connectivity index (χ0v) is 22.2. The maximum atomic E-state index is 13.9. The molecule has 0 radical (unpaired) electrons. The predicted octanol–water partition coefficient (Wildman–Crippen LogP) is 2.88. The second-order valence-corrected chi connectivity index (χ2v) is 10.7. The number of methoxy groups -OCH3 is 2. The van der Waals surface area contributed by atoms with Crippen molar-refractivity contribution in [1.82, 2.24) is 4.90 Å². The van der Waals surface area contributed by atoms with Crippen LogP contribution in [0.15, 0.2) is 54.3 Å². The van der Waals surface area contributed by atoms with Crippen molar-refractivity contribution in [1.29, 1.82) is 0 Å². The number of fused-ring (bicyclic) bond motifs is 3. The van der Waals surface area contributed by atoms with Crippen LogP contribution in [0.5, 0.6) is 11.5 Å². The summed E-state index contributed by atoms with van der Waals surface area (Å²) in [5.41, 5.74) is 0.291. The van der Waals surface area contributed by atoms with Crippen molar-refractivity contribution in [2.45, 2.75) is 55.3 Å². The van der Waals surface area contributed by atoms with E-state index in [1.165, 1.54) is 7.11 Å². The second kappa shape index (κ2) is 9.88. The smallest absolute Gasteiger partial charge is 0.339 e. The van der Waals surface area contributed by atoms with Crippen LogP contribution in [0.1, 0.15) is 41.9 Å². The molecule has 6 rings (SSSR count). The quantitative estimate of drug-likeness (QED) is 0.536. The summed E-state index contributed by atoms with van der Waals surface area (Å²) in [7, 11) is 2.80. The van der Waals surface area contributed by atoms with Crippen LogP contribution in [-0.2, 0) is 36.6 Å². The first-order valence-corrected chi connectivity index (χ1v) is 13.4. The molecule has 1 saturated heterocycles.